The summed E-state index contributed by atoms with van der Waals surface area (Å²) in [4.78, 5) is 14.7. The number of amides is 1. The van der Waals surface area contributed by atoms with Gasteiger partial charge < -0.3 is 15.3 Å². The second-order valence-corrected chi connectivity index (χ2v) is 7.05. The van der Waals surface area contributed by atoms with Crippen LogP contribution in [0.1, 0.15) is 46.5 Å². The van der Waals surface area contributed by atoms with E-state index >= 15 is 0 Å². The minimum absolute atomic E-state index is 0.261. The first-order valence-electron chi connectivity index (χ1n) is 7.55. The van der Waals surface area contributed by atoms with Gasteiger partial charge in [-0.2, -0.15) is 0 Å². The molecule has 2 heterocycles. The highest BCUT2D eigenvalue weighted by Crippen LogP contribution is 2.35. The largest absolute Gasteiger partial charge is 0.390 e. The van der Waals surface area contributed by atoms with Crippen LogP contribution in [0.4, 0.5) is 0 Å². The number of aliphatic hydroxyl groups is 1. The van der Waals surface area contributed by atoms with E-state index in [9.17, 15) is 9.90 Å². The van der Waals surface area contributed by atoms with Crippen molar-refractivity contribution in [1.29, 1.82) is 0 Å². The van der Waals surface area contributed by atoms with Crippen LogP contribution in [0.15, 0.2) is 0 Å². The summed E-state index contributed by atoms with van der Waals surface area (Å²) in [6.07, 6.45) is 3.68. The van der Waals surface area contributed by atoms with E-state index in [4.69, 9.17) is 0 Å². The van der Waals surface area contributed by atoms with Crippen molar-refractivity contribution < 1.29 is 9.90 Å². The van der Waals surface area contributed by atoms with Crippen molar-refractivity contribution in [2.75, 3.05) is 26.2 Å². The molecule has 0 spiro atoms. The Bertz CT molecular complexity index is 323. The van der Waals surface area contributed by atoms with E-state index in [-0.39, 0.29) is 11.3 Å². The maximum Gasteiger partial charge on any atom is 0.228 e. The third-order valence-electron chi connectivity index (χ3n) is 5.00. The number of nitrogens with one attached hydrogen (secondary N) is 1. The maximum atomic E-state index is 12.7. The molecule has 19 heavy (non-hydrogen) atoms. The van der Waals surface area contributed by atoms with Gasteiger partial charge in [0.2, 0.25) is 5.91 Å². The number of hydrogen-bond acceptors (Lipinski definition) is 3. The average Bonchev–Trinajstić information content (AvgIpc) is 2.39. The van der Waals surface area contributed by atoms with Crippen LogP contribution in [0.25, 0.3) is 0 Å². The van der Waals surface area contributed by atoms with Gasteiger partial charge in [0.1, 0.15) is 0 Å². The summed E-state index contributed by atoms with van der Waals surface area (Å²) >= 11 is 0. The standard InChI is InChI=1S/C15H28N2O2/c1-14(2,12-5-4-8-16-11-12)13(18)17-9-6-15(3,19)7-10-17/h12,16,19H,4-11H2,1-3H3. The van der Waals surface area contributed by atoms with Crippen LogP contribution in [0.5, 0.6) is 0 Å². The summed E-state index contributed by atoms with van der Waals surface area (Å²) in [5, 5.41) is 13.4. The summed E-state index contributed by atoms with van der Waals surface area (Å²) in [5.74, 6) is 0.688. The Labute approximate surface area is 116 Å². The SMILES string of the molecule is CC1(O)CCN(C(=O)C(C)(C)C2CCCNC2)CC1. The monoisotopic (exact) mass is 268 g/mol. The molecule has 2 aliphatic rings. The van der Waals surface area contributed by atoms with Crippen molar-refractivity contribution in [3.8, 4) is 0 Å². The average molecular weight is 268 g/mol. The zero-order chi connectivity index (χ0) is 14.1. The molecule has 0 radical (unpaired) electrons. The van der Waals surface area contributed by atoms with Gasteiger partial charge in [-0.05, 0) is 51.6 Å². The van der Waals surface area contributed by atoms with Gasteiger partial charge >= 0.3 is 0 Å². The lowest BCUT2D eigenvalue weighted by Crippen LogP contribution is -2.53. The number of likely N-dealkylation sites (tertiary alicyclic amines) is 1. The highest BCUT2D eigenvalue weighted by molar-refractivity contribution is 5.82. The molecule has 2 aliphatic heterocycles. The number of carbonyl (C=O) groups excluding carboxylic acids is 1. The molecule has 4 nitrogen and oxygen atoms in total. The number of carbonyl (C=O) groups is 1. The van der Waals surface area contributed by atoms with Gasteiger partial charge in [0.25, 0.3) is 0 Å². The first-order valence-corrected chi connectivity index (χ1v) is 7.55. The molecule has 2 rings (SSSR count). The fourth-order valence-corrected chi connectivity index (χ4v) is 3.24. The van der Waals surface area contributed by atoms with Gasteiger partial charge in [-0.15, -0.1) is 0 Å². The molecule has 110 valence electrons. The zero-order valence-corrected chi connectivity index (χ0v) is 12.5. The van der Waals surface area contributed by atoms with Crippen molar-refractivity contribution in [2.45, 2.75) is 52.1 Å². The van der Waals surface area contributed by atoms with Gasteiger partial charge in [0, 0.05) is 18.5 Å². The predicted molar refractivity (Wildman–Crippen MR) is 75.8 cm³/mol. The topological polar surface area (TPSA) is 52.6 Å². The van der Waals surface area contributed by atoms with E-state index in [2.05, 4.69) is 19.2 Å². The fourth-order valence-electron chi connectivity index (χ4n) is 3.24. The van der Waals surface area contributed by atoms with Gasteiger partial charge in [-0.25, -0.2) is 0 Å². The molecule has 0 aromatic carbocycles. The second-order valence-electron chi connectivity index (χ2n) is 7.05. The van der Waals surface area contributed by atoms with E-state index in [1.165, 1.54) is 0 Å². The molecule has 0 aromatic heterocycles. The summed E-state index contributed by atoms with van der Waals surface area (Å²) in [7, 11) is 0. The Balaban J connectivity index is 1.98. The number of rotatable bonds is 2. The number of nitrogens with zero attached hydrogens (tertiary/aromatic N) is 1. The molecule has 0 aliphatic carbocycles. The lowest BCUT2D eigenvalue weighted by Gasteiger charge is -2.43. The Morgan fingerprint density at radius 3 is 2.53 bits per heavy atom. The molecular formula is C15H28N2O2. The molecule has 4 heteroatoms. The minimum Gasteiger partial charge on any atom is -0.390 e. The zero-order valence-electron chi connectivity index (χ0n) is 12.5. The smallest absolute Gasteiger partial charge is 0.228 e. The molecule has 1 unspecified atom stereocenters. The van der Waals surface area contributed by atoms with Crippen LogP contribution in [0.3, 0.4) is 0 Å². The third kappa shape index (κ3) is 3.29. The summed E-state index contributed by atoms with van der Waals surface area (Å²) in [6, 6.07) is 0. The van der Waals surface area contributed by atoms with Crippen LogP contribution in [0.2, 0.25) is 0 Å². The molecule has 0 bridgehead atoms. The minimum atomic E-state index is -0.590. The lowest BCUT2D eigenvalue weighted by atomic mass is 9.73. The Hall–Kier alpha value is -0.610. The molecule has 0 saturated carbocycles. The first kappa shape index (κ1) is 14.8. The van der Waals surface area contributed by atoms with Crippen LogP contribution >= 0.6 is 0 Å². The van der Waals surface area contributed by atoms with E-state index in [1.54, 1.807) is 0 Å². The highest BCUT2D eigenvalue weighted by atomic mass is 16.3. The Morgan fingerprint density at radius 2 is 2.00 bits per heavy atom. The first-order chi connectivity index (χ1) is 8.83. The molecular weight excluding hydrogens is 240 g/mol. The van der Waals surface area contributed by atoms with Crippen molar-refractivity contribution in [1.82, 2.24) is 10.2 Å². The fraction of sp³-hybridized carbons (Fsp3) is 0.933. The van der Waals surface area contributed by atoms with Crippen molar-refractivity contribution in [2.24, 2.45) is 11.3 Å². The summed E-state index contributed by atoms with van der Waals surface area (Å²) < 4.78 is 0. The van der Waals surface area contributed by atoms with E-state index < -0.39 is 5.60 Å². The van der Waals surface area contributed by atoms with E-state index in [0.717, 1.165) is 25.9 Å². The van der Waals surface area contributed by atoms with E-state index in [0.29, 0.717) is 31.8 Å². The molecule has 0 aromatic rings. The van der Waals surface area contributed by atoms with Crippen molar-refractivity contribution >= 4 is 5.91 Å². The molecule has 2 N–H and O–H groups in total. The normalized spacial score (nSPS) is 28.2. The quantitative estimate of drug-likeness (QED) is 0.795. The van der Waals surface area contributed by atoms with Gasteiger partial charge in [0.15, 0.2) is 0 Å². The van der Waals surface area contributed by atoms with Crippen LogP contribution in [0, 0.1) is 11.3 Å². The Morgan fingerprint density at radius 1 is 1.37 bits per heavy atom. The van der Waals surface area contributed by atoms with Crippen LogP contribution in [-0.4, -0.2) is 47.7 Å². The number of hydrogen-bond donors (Lipinski definition) is 2. The van der Waals surface area contributed by atoms with Crippen molar-refractivity contribution in [3.05, 3.63) is 0 Å². The maximum absolute atomic E-state index is 12.7. The molecule has 1 atom stereocenters. The molecule has 2 fully saturated rings. The van der Waals surface area contributed by atoms with Crippen LogP contribution in [-0.2, 0) is 4.79 Å². The Kier molecular flexibility index (Phi) is 4.21. The van der Waals surface area contributed by atoms with Gasteiger partial charge in [-0.1, -0.05) is 13.8 Å². The van der Waals surface area contributed by atoms with Gasteiger partial charge in [0.05, 0.1) is 5.60 Å². The lowest BCUT2D eigenvalue weighted by molar-refractivity contribution is -0.147. The van der Waals surface area contributed by atoms with Crippen molar-refractivity contribution in [3.63, 3.8) is 0 Å². The predicted octanol–water partition coefficient (Wildman–Crippen LogP) is 1.39. The summed E-state index contributed by atoms with van der Waals surface area (Å²) in [5.41, 5.74) is -0.885. The van der Waals surface area contributed by atoms with Crippen LogP contribution < -0.4 is 5.32 Å². The molecule has 1 amide bonds. The summed E-state index contributed by atoms with van der Waals surface area (Å²) in [6.45, 7) is 9.44. The van der Waals surface area contributed by atoms with E-state index in [1.807, 2.05) is 11.8 Å². The second kappa shape index (κ2) is 5.41. The van der Waals surface area contributed by atoms with Gasteiger partial charge in [-0.3, -0.25) is 4.79 Å². The third-order valence-corrected chi connectivity index (χ3v) is 5.00. The highest BCUT2D eigenvalue weighted by Gasteiger charge is 2.41. The molecule has 2 saturated heterocycles. The number of piperidine rings is 2.